The van der Waals surface area contributed by atoms with Gasteiger partial charge in [0.15, 0.2) is 0 Å². The summed E-state index contributed by atoms with van der Waals surface area (Å²) in [6, 6.07) is 10.9. The van der Waals surface area contributed by atoms with Gasteiger partial charge in [-0.1, -0.05) is 41.4 Å². The van der Waals surface area contributed by atoms with Gasteiger partial charge < -0.3 is 15.5 Å². The zero-order chi connectivity index (χ0) is 23.4. The van der Waals surface area contributed by atoms with E-state index >= 15 is 0 Å². The molecule has 3 N–H and O–H groups in total. The quantitative estimate of drug-likeness (QED) is 0.552. The van der Waals surface area contributed by atoms with Crippen LogP contribution in [0.3, 0.4) is 0 Å². The Kier molecular flexibility index (Phi) is 7.69. The summed E-state index contributed by atoms with van der Waals surface area (Å²) in [5, 5.41) is 10.3. The van der Waals surface area contributed by atoms with Crippen molar-refractivity contribution in [1.82, 2.24) is 15.5 Å². The Hall–Kier alpha value is -2.00. The number of para-hydroxylation sites is 1. The lowest BCUT2D eigenvalue weighted by Gasteiger charge is -2.39. The molecule has 3 amide bonds. The molecule has 6 nitrogen and oxygen atoms in total. The summed E-state index contributed by atoms with van der Waals surface area (Å²) >= 11 is 13.8. The van der Waals surface area contributed by atoms with Gasteiger partial charge >= 0.3 is 6.03 Å². The zero-order valence-electron chi connectivity index (χ0n) is 17.9. The molecular weight excluding hydrogens is 486 g/mol. The van der Waals surface area contributed by atoms with Crippen molar-refractivity contribution in [1.29, 1.82) is 0 Å². The van der Waals surface area contributed by atoms with E-state index in [1.165, 1.54) is 12.1 Å². The van der Waals surface area contributed by atoms with Gasteiger partial charge in [0.05, 0.1) is 16.6 Å². The minimum atomic E-state index is -0.459. The highest BCUT2D eigenvalue weighted by molar-refractivity contribution is 8.01. The van der Waals surface area contributed by atoms with Crippen LogP contribution in [0.4, 0.5) is 14.9 Å². The summed E-state index contributed by atoms with van der Waals surface area (Å²) in [7, 11) is 0. The van der Waals surface area contributed by atoms with Gasteiger partial charge in [0, 0.05) is 35.4 Å². The number of likely N-dealkylation sites (tertiary alicyclic amines) is 1. The molecular formula is C23H25Cl2FN4O2S. The van der Waals surface area contributed by atoms with Crippen molar-refractivity contribution in [3.8, 4) is 0 Å². The van der Waals surface area contributed by atoms with Gasteiger partial charge in [0.2, 0.25) is 5.91 Å². The van der Waals surface area contributed by atoms with Gasteiger partial charge in [-0.3, -0.25) is 10.1 Å². The molecule has 4 rings (SSSR count). The fourth-order valence-corrected chi connectivity index (χ4v) is 5.99. The lowest BCUT2D eigenvalue weighted by Crippen LogP contribution is -2.55. The molecule has 176 valence electrons. The Bertz CT molecular complexity index is 1030. The Morgan fingerprint density at radius 1 is 1.18 bits per heavy atom. The van der Waals surface area contributed by atoms with E-state index in [-0.39, 0.29) is 28.5 Å². The molecule has 2 aliphatic rings. The summed E-state index contributed by atoms with van der Waals surface area (Å²) in [4.78, 5) is 26.6. The highest BCUT2D eigenvalue weighted by Gasteiger charge is 2.44. The standard InChI is InChI=1S/C23H25Cl2FN4O2S/c24-16-6-5-15(17(25)13-16)7-10-27-21(31)20-14-33-23(29-20)8-11-30(12-9-23)22(32)28-19-4-2-1-3-18(19)26/h1-6,13,20,29H,7-12,14H2,(H,27,31)(H,28,32). The lowest BCUT2D eigenvalue weighted by atomic mass is 10.0. The van der Waals surface area contributed by atoms with E-state index in [9.17, 15) is 14.0 Å². The van der Waals surface area contributed by atoms with Gasteiger partial charge in [-0.15, -0.1) is 11.8 Å². The second-order valence-corrected chi connectivity index (χ2v) is 10.4. The van der Waals surface area contributed by atoms with Crippen LogP contribution in [0.25, 0.3) is 0 Å². The number of benzene rings is 2. The first-order valence-electron chi connectivity index (χ1n) is 10.8. The van der Waals surface area contributed by atoms with Gasteiger partial charge in [-0.25, -0.2) is 9.18 Å². The molecule has 2 aromatic rings. The number of nitrogens with zero attached hydrogens (tertiary/aromatic N) is 1. The molecule has 2 aliphatic heterocycles. The van der Waals surface area contributed by atoms with E-state index in [0.717, 1.165) is 5.56 Å². The second kappa shape index (κ2) is 10.5. The topological polar surface area (TPSA) is 73.5 Å². The highest BCUT2D eigenvalue weighted by atomic mass is 35.5. The summed E-state index contributed by atoms with van der Waals surface area (Å²) in [5.41, 5.74) is 1.11. The molecule has 0 radical (unpaired) electrons. The Morgan fingerprint density at radius 3 is 2.67 bits per heavy atom. The van der Waals surface area contributed by atoms with Crippen LogP contribution >= 0.6 is 35.0 Å². The van der Waals surface area contributed by atoms with Crippen molar-refractivity contribution in [2.75, 3.05) is 30.7 Å². The molecule has 1 spiro atoms. The molecule has 2 heterocycles. The van der Waals surface area contributed by atoms with Crippen LogP contribution in [0.1, 0.15) is 18.4 Å². The number of hydrogen-bond acceptors (Lipinski definition) is 4. The molecule has 0 aromatic heterocycles. The number of anilines is 1. The maximum atomic E-state index is 13.8. The molecule has 33 heavy (non-hydrogen) atoms. The first-order valence-corrected chi connectivity index (χ1v) is 12.5. The van der Waals surface area contributed by atoms with Crippen molar-refractivity contribution in [2.24, 2.45) is 0 Å². The van der Waals surface area contributed by atoms with Crippen molar-refractivity contribution >= 4 is 52.6 Å². The van der Waals surface area contributed by atoms with Crippen molar-refractivity contribution < 1.29 is 14.0 Å². The summed E-state index contributed by atoms with van der Waals surface area (Å²) < 4.78 is 13.8. The molecule has 2 saturated heterocycles. The number of halogens is 3. The van der Waals surface area contributed by atoms with E-state index in [4.69, 9.17) is 23.2 Å². The third kappa shape index (κ3) is 5.93. The fraction of sp³-hybridized carbons (Fsp3) is 0.391. The molecule has 1 unspecified atom stereocenters. The number of piperidine rings is 1. The number of amides is 3. The third-order valence-corrected chi connectivity index (χ3v) is 8.13. The number of hydrogen-bond donors (Lipinski definition) is 3. The average Bonchev–Trinajstić information content (AvgIpc) is 3.21. The number of nitrogens with one attached hydrogen (secondary N) is 3. The van der Waals surface area contributed by atoms with Crippen LogP contribution in [-0.4, -0.2) is 53.1 Å². The monoisotopic (exact) mass is 510 g/mol. The van der Waals surface area contributed by atoms with Crippen LogP contribution in [0.2, 0.25) is 10.0 Å². The number of rotatable bonds is 5. The molecule has 0 aliphatic carbocycles. The smallest absolute Gasteiger partial charge is 0.321 e. The summed E-state index contributed by atoms with van der Waals surface area (Å²) in [5.74, 6) is 0.179. The van der Waals surface area contributed by atoms with Crippen LogP contribution in [0.5, 0.6) is 0 Å². The SMILES string of the molecule is O=C(NCCc1ccc(Cl)cc1Cl)C1CSC2(CCN(C(=O)Nc3ccccc3F)CC2)N1. The van der Waals surface area contributed by atoms with Gasteiger partial charge in [-0.2, -0.15) is 0 Å². The molecule has 1 atom stereocenters. The normalized spacial score (nSPS) is 19.5. The number of urea groups is 1. The van der Waals surface area contributed by atoms with Crippen molar-refractivity contribution in [3.63, 3.8) is 0 Å². The summed E-state index contributed by atoms with van der Waals surface area (Å²) in [6.45, 7) is 1.55. The van der Waals surface area contributed by atoms with E-state index in [0.29, 0.717) is 54.7 Å². The van der Waals surface area contributed by atoms with Crippen LogP contribution < -0.4 is 16.0 Å². The van der Waals surface area contributed by atoms with Gasteiger partial charge in [0.1, 0.15) is 5.82 Å². The minimum Gasteiger partial charge on any atom is -0.354 e. The maximum Gasteiger partial charge on any atom is 0.321 e. The molecule has 0 saturated carbocycles. The first-order chi connectivity index (χ1) is 15.8. The number of thioether (sulfide) groups is 1. The zero-order valence-corrected chi connectivity index (χ0v) is 20.2. The van der Waals surface area contributed by atoms with Crippen LogP contribution in [0.15, 0.2) is 42.5 Å². The Labute approximate surface area is 206 Å². The van der Waals surface area contributed by atoms with Gasteiger partial charge in [-0.05, 0) is 49.1 Å². The van der Waals surface area contributed by atoms with E-state index in [1.807, 2.05) is 6.07 Å². The molecule has 2 aromatic carbocycles. The molecule has 2 fully saturated rings. The Balaban J connectivity index is 1.22. The fourth-order valence-electron chi connectivity index (χ4n) is 4.07. The van der Waals surface area contributed by atoms with Crippen molar-refractivity contribution in [2.45, 2.75) is 30.2 Å². The number of carbonyl (C=O) groups is 2. The van der Waals surface area contributed by atoms with E-state index < -0.39 is 5.82 Å². The summed E-state index contributed by atoms with van der Waals surface area (Å²) in [6.07, 6.45) is 2.05. The predicted molar refractivity (Wildman–Crippen MR) is 132 cm³/mol. The minimum absolute atomic E-state index is 0.0378. The third-order valence-electron chi connectivity index (χ3n) is 5.96. The molecule has 0 bridgehead atoms. The largest absolute Gasteiger partial charge is 0.354 e. The second-order valence-electron chi connectivity index (χ2n) is 8.18. The van der Waals surface area contributed by atoms with E-state index in [2.05, 4.69) is 16.0 Å². The lowest BCUT2D eigenvalue weighted by molar-refractivity contribution is -0.122. The van der Waals surface area contributed by atoms with E-state index in [1.54, 1.807) is 40.9 Å². The van der Waals surface area contributed by atoms with Crippen LogP contribution in [0, 0.1) is 5.82 Å². The van der Waals surface area contributed by atoms with Crippen LogP contribution in [-0.2, 0) is 11.2 Å². The van der Waals surface area contributed by atoms with Gasteiger partial charge in [0.25, 0.3) is 0 Å². The number of carbonyl (C=O) groups excluding carboxylic acids is 2. The molecule has 10 heteroatoms. The van der Waals surface area contributed by atoms with Crippen molar-refractivity contribution in [3.05, 3.63) is 63.9 Å². The Morgan fingerprint density at radius 2 is 1.94 bits per heavy atom. The average molecular weight is 511 g/mol. The first kappa shape index (κ1) is 24.1. The predicted octanol–water partition coefficient (Wildman–Crippen LogP) is 4.52. The maximum absolute atomic E-state index is 13.8. The highest BCUT2D eigenvalue weighted by Crippen LogP contribution is 2.39.